The van der Waals surface area contributed by atoms with Crippen LogP contribution < -0.4 is 5.32 Å². The lowest BCUT2D eigenvalue weighted by atomic mass is 10.1. The van der Waals surface area contributed by atoms with Crippen molar-refractivity contribution in [3.63, 3.8) is 0 Å². The Kier molecular flexibility index (Phi) is 4.43. The third kappa shape index (κ3) is 2.99. The van der Waals surface area contributed by atoms with Crippen LogP contribution in [0.3, 0.4) is 0 Å². The molecule has 1 saturated heterocycles. The van der Waals surface area contributed by atoms with Crippen LogP contribution in [0.2, 0.25) is 0 Å². The molecule has 1 atom stereocenters. The minimum atomic E-state index is -0.500. The molecule has 0 aliphatic carbocycles. The van der Waals surface area contributed by atoms with Crippen LogP contribution in [0.15, 0.2) is 29.8 Å². The maximum Gasteiger partial charge on any atom is 0.255 e. The van der Waals surface area contributed by atoms with Crippen molar-refractivity contribution in [1.29, 1.82) is 0 Å². The van der Waals surface area contributed by atoms with E-state index in [1.54, 1.807) is 29.4 Å². The van der Waals surface area contributed by atoms with Crippen molar-refractivity contribution in [2.45, 2.75) is 32.9 Å². The van der Waals surface area contributed by atoms with E-state index in [-0.39, 0.29) is 17.9 Å². The minimum Gasteiger partial charge on any atom is -0.353 e. The first kappa shape index (κ1) is 17.7. The van der Waals surface area contributed by atoms with E-state index in [0.717, 1.165) is 10.6 Å². The van der Waals surface area contributed by atoms with E-state index in [4.69, 9.17) is 4.98 Å². The molecular formula is C19H21N5O2S. The minimum absolute atomic E-state index is 0.122. The molecule has 3 aromatic heterocycles. The summed E-state index contributed by atoms with van der Waals surface area (Å²) in [7, 11) is 0. The molecule has 0 saturated carbocycles. The summed E-state index contributed by atoms with van der Waals surface area (Å²) < 4.78 is 1.83. The largest absolute Gasteiger partial charge is 0.353 e. The number of fused-ring (bicyclic) bond motifs is 1. The number of amides is 2. The predicted molar refractivity (Wildman–Crippen MR) is 105 cm³/mol. The van der Waals surface area contributed by atoms with E-state index in [1.165, 1.54) is 0 Å². The van der Waals surface area contributed by atoms with Gasteiger partial charge in [0, 0.05) is 19.1 Å². The van der Waals surface area contributed by atoms with Crippen molar-refractivity contribution < 1.29 is 9.59 Å². The monoisotopic (exact) mass is 383 g/mol. The number of aromatic nitrogens is 3. The highest BCUT2D eigenvalue weighted by Gasteiger charge is 2.31. The van der Waals surface area contributed by atoms with Crippen LogP contribution in [0, 0.1) is 0 Å². The lowest BCUT2D eigenvalue weighted by Gasteiger charge is -2.33. The molecule has 0 spiro atoms. The van der Waals surface area contributed by atoms with Gasteiger partial charge in [-0.1, -0.05) is 6.07 Å². The molecule has 4 heterocycles. The normalized spacial score (nSPS) is 17.6. The lowest BCUT2D eigenvalue weighted by molar-refractivity contribution is -0.127. The fourth-order valence-corrected chi connectivity index (χ4v) is 4.02. The second-order valence-electron chi connectivity index (χ2n) is 6.92. The van der Waals surface area contributed by atoms with Gasteiger partial charge in [-0.15, -0.1) is 11.3 Å². The first-order valence-corrected chi connectivity index (χ1v) is 9.86. The second kappa shape index (κ2) is 6.77. The molecule has 140 valence electrons. The van der Waals surface area contributed by atoms with Crippen LogP contribution in [0.1, 0.15) is 37.2 Å². The van der Waals surface area contributed by atoms with Crippen LogP contribution in [-0.2, 0) is 4.79 Å². The molecule has 1 N–H and O–H groups in total. The van der Waals surface area contributed by atoms with Crippen LogP contribution in [-0.4, -0.2) is 50.6 Å². The standard InChI is InChI=1S/C19H21N5O2S/c1-11(2)24-17-14(10-21-24)13(9-15(22-17)16-5-4-8-27-16)19(26)23-7-6-20-18(25)12(23)3/h4-5,8-12H,6-7H2,1-3H3,(H,20,25). The SMILES string of the molecule is CC1C(=O)NCCN1C(=O)c1cc(-c2cccs2)nc2c1cnn2C(C)C. The Morgan fingerprint density at radius 1 is 1.41 bits per heavy atom. The fourth-order valence-electron chi connectivity index (χ4n) is 3.34. The summed E-state index contributed by atoms with van der Waals surface area (Å²) >= 11 is 1.58. The molecule has 3 aromatic rings. The summed E-state index contributed by atoms with van der Waals surface area (Å²) in [5.74, 6) is -0.290. The molecule has 1 aliphatic heterocycles. The number of hydrogen-bond acceptors (Lipinski definition) is 5. The summed E-state index contributed by atoms with van der Waals surface area (Å²) in [4.78, 5) is 32.8. The molecule has 1 aliphatic rings. The number of hydrogen-bond donors (Lipinski definition) is 1. The number of piperazine rings is 1. The Morgan fingerprint density at radius 2 is 2.22 bits per heavy atom. The quantitative estimate of drug-likeness (QED) is 0.754. The van der Waals surface area contributed by atoms with Crippen molar-refractivity contribution in [3.05, 3.63) is 35.3 Å². The van der Waals surface area contributed by atoms with Crippen LogP contribution in [0.4, 0.5) is 0 Å². The Labute approximate surface area is 161 Å². The molecule has 0 radical (unpaired) electrons. The van der Waals surface area contributed by atoms with E-state index in [0.29, 0.717) is 29.7 Å². The summed E-state index contributed by atoms with van der Waals surface area (Å²) in [5, 5.41) is 9.95. The maximum atomic E-state index is 13.4. The number of thiophene rings is 1. The zero-order chi connectivity index (χ0) is 19.1. The average molecular weight is 383 g/mol. The van der Waals surface area contributed by atoms with E-state index in [9.17, 15) is 9.59 Å². The molecule has 27 heavy (non-hydrogen) atoms. The smallest absolute Gasteiger partial charge is 0.255 e. The number of nitrogens with zero attached hydrogens (tertiary/aromatic N) is 4. The number of nitrogens with one attached hydrogen (secondary N) is 1. The van der Waals surface area contributed by atoms with Gasteiger partial charge in [0.05, 0.1) is 27.7 Å². The highest BCUT2D eigenvalue weighted by atomic mass is 32.1. The summed E-state index contributed by atoms with van der Waals surface area (Å²) in [6, 6.07) is 5.39. The Bertz CT molecular complexity index is 1010. The topological polar surface area (TPSA) is 80.1 Å². The van der Waals surface area contributed by atoms with Crippen molar-refractivity contribution in [2.24, 2.45) is 0 Å². The molecule has 7 nitrogen and oxygen atoms in total. The van der Waals surface area contributed by atoms with E-state index >= 15 is 0 Å². The summed E-state index contributed by atoms with van der Waals surface area (Å²) in [5.41, 5.74) is 1.97. The first-order valence-electron chi connectivity index (χ1n) is 8.98. The predicted octanol–water partition coefficient (Wildman–Crippen LogP) is 2.70. The number of pyridine rings is 1. The van der Waals surface area contributed by atoms with Gasteiger partial charge in [-0.05, 0) is 38.3 Å². The molecule has 8 heteroatoms. The van der Waals surface area contributed by atoms with Gasteiger partial charge in [0.15, 0.2) is 5.65 Å². The van der Waals surface area contributed by atoms with E-state index in [2.05, 4.69) is 10.4 Å². The number of rotatable bonds is 3. The van der Waals surface area contributed by atoms with Crippen molar-refractivity contribution in [2.75, 3.05) is 13.1 Å². The van der Waals surface area contributed by atoms with Gasteiger partial charge < -0.3 is 10.2 Å². The van der Waals surface area contributed by atoms with Gasteiger partial charge in [-0.25, -0.2) is 9.67 Å². The summed E-state index contributed by atoms with van der Waals surface area (Å²) in [6.07, 6.45) is 1.70. The van der Waals surface area contributed by atoms with Gasteiger partial charge in [0.25, 0.3) is 5.91 Å². The van der Waals surface area contributed by atoms with Gasteiger partial charge >= 0.3 is 0 Å². The third-order valence-electron chi connectivity index (χ3n) is 4.82. The van der Waals surface area contributed by atoms with Crippen molar-refractivity contribution in [1.82, 2.24) is 25.0 Å². The zero-order valence-corrected chi connectivity index (χ0v) is 16.3. The van der Waals surface area contributed by atoms with E-state index < -0.39 is 6.04 Å². The van der Waals surface area contributed by atoms with Crippen LogP contribution in [0.5, 0.6) is 0 Å². The molecule has 1 fully saturated rings. The van der Waals surface area contributed by atoms with Gasteiger partial charge in [-0.3, -0.25) is 9.59 Å². The van der Waals surface area contributed by atoms with Crippen LogP contribution in [0.25, 0.3) is 21.6 Å². The van der Waals surface area contributed by atoms with E-state index in [1.807, 2.05) is 42.1 Å². The first-order chi connectivity index (χ1) is 13.0. The average Bonchev–Trinajstić information content (AvgIpc) is 3.32. The zero-order valence-electron chi connectivity index (χ0n) is 15.5. The molecule has 2 amide bonds. The Hall–Kier alpha value is -2.74. The Balaban J connectivity index is 1.88. The molecular weight excluding hydrogens is 362 g/mol. The molecule has 0 aromatic carbocycles. The second-order valence-corrected chi connectivity index (χ2v) is 7.87. The molecule has 4 rings (SSSR count). The lowest BCUT2D eigenvalue weighted by Crippen LogP contribution is -2.55. The van der Waals surface area contributed by atoms with Gasteiger partial charge in [0.1, 0.15) is 6.04 Å². The maximum absolute atomic E-state index is 13.4. The molecule has 0 bridgehead atoms. The highest BCUT2D eigenvalue weighted by molar-refractivity contribution is 7.13. The third-order valence-corrected chi connectivity index (χ3v) is 5.71. The number of carbonyl (C=O) groups is 2. The van der Waals surface area contributed by atoms with Gasteiger partial charge in [0.2, 0.25) is 5.91 Å². The molecule has 1 unspecified atom stereocenters. The Morgan fingerprint density at radius 3 is 2.93 bits per heavy atom. The fraction of sp³-hybridized carbons (Fsp3) is 0.368. The van der Waals surface area contributed by atoms with Crippen molar-refractivity contribution >= 4 is 34.2 Å². The van der Waals surface area contributed by atoms with Crippen LogP contribution >= 0.6 is 11.3 Å². The summed E-state index contributed by atoms with van der Waals surface area (Å²) in [6.45, 7) is 6.77. The van der Waals surface area contributed by atoms with Crippen molar-refractivity contribution in [3.8, 4) is 10.6 Å². The number of carbonyl (C=O) groups excluding carboxylic acids is 2. The highest BCUT2D eigenvalue weighted by Crippen LogP contribution is 2.30. The van der Waals surface area contributed by atoms with Gasteiger partial charge in [-0.2, -0.15) is 5.10 Å².